The van der Waals surface area contributed by atoms with E-state index < -0.39 is 11.6 Å². The highest BCUT2D eigenvalue weighted by atomic mass is 32.1. The lowest BCUT2D eigenvalue weighted by atomic mass is 10.1. The summed E-state index contributed by atoms with van der Waals surface area (Å²) in [7, 11) is 0. The number of hydrogen-bond acceptors (Lipinski definition) is 3. The van der Waals surface area contributed by atoms with Crippen LogP contribution in [0.3, 0.4) is 0 Å². The number of carbonyl (C=O) groups excluding carboxylic acids is 1. The molecule has 3 nitrogen and oxygen atoms in total. The van der Waals surface area contributed by atoms with Crippen LogP contribution in [-0.2, 0) is 4.79 Å². The van der Waals surface area contributed by atoms with E-state index >= 15 is 0 Å². The molecule has 6 heteroatoms. The highest BCUT2D eigenvalue weighted by molar-refractivity contribution is 7.10. The number of nitrogens with one attached hydrogen (secondary N) is 1. The molecule has 0 spiro atoms. The van der Waals surface area contributed by atoms with E-state index in [1.54, 1.807) is 0 Å². The van der Waals surface area contributed by atoms with Gasteiger partial charge in [-0.1, -0.05) is 12.1 Å². The number of aliphatic hydroxyl groups excluding tert-OH is 1. The maximum absolute atomic E-state index is 13.3. The van der Waals surface area contributed by atoms with Crippen molar-refractivity contribution >= 4 is 17.2 Å². The van der Waals surface area contributed by atoms with Crippen molar-refractivity contribution in [2.45, 2.75) is 24.8 Å². The highest BCUT2D eigenvalue weighted by Crippen LogP contribution is 2.48. The third-order valence-electron chi connectivity index (χ3n) is 4.12. The van der Waals surface area contributed by atoms with Crippen LogP contribution in [0.25, 0.3) is 0 Å². The predicted molar refractivity (Wildman–Crippen MR) is 84.1 cm³/mol. The van der Waals surface area contributed by atoms with Crippen molar-refractivity contribution in [1.82, 2.24) is 5.32 Å². The molecular weight excluding hydrogens is 320 g/mol. The van der Waals surface area contributed by atoms with E-state index in [0.29, 0.717) is 18.4 Å². The zero-order chi connectivity index (χ0) is 16.4. The predicted octanol–water partition coefficient (Wildman–Crippen LogP) is 3.37. The zero-order valence-electron chi connectivity index (χ0n) is 12.3. The van der Waals surface area contributed by atoms with E-state index in [0.717, 1.165) is 17.0 Å². The van der Waals surface area contributed by atoms with Crippen LogP contribution in [0.15, 0.2) is 35.7 Å². The van der Waals surface area contributed by atoms with Crippen LogP contribution in [0.1, 0.15) is 35.2 Å². The van der Waals surface area contributed by atoms with E-state index in [2.05, 4.69) is 5.32 Å². The Bertz CT molecular complexity index is 690. The van der Waals surface area contributed by atoms with Gasteiger partial charge in [0.1, 0.15) is 0 Å². The fraction of sp³-hybridized carbons (Fsp3) is 0.353. The molecular formula is C17H17F2NO2S. The molecule has 1 aliphatic rings. The molecule has 0 aliphatic heterocycles. The van der Waals surface area contributed by atoms with Crippen molar-refractivity contribution < 1.29 is 18.7 Å². The Kier molecular flexibility index (Phi) is 4.73. The van der Waals surface area contributed by atoms with Gasteiger partial charge in [0.2, 0.25) is 5.91 Å². The molecule has 0 radical (unpaired) electrons. The Morgan fingerprint density at radius 3 is 2.83 bits per heavy atom. The molecule has 1 fully saturated rings. The van der Waals surface area contributed by atoms with Gasteiger partial charge in [-0.05, 0) is 47.9 Å². The maximum atomic E-state index is 13.3. The van der Waals surface area contributed by atoms with Gasteiger partial charge in [0.25, 0.3) is 0 Å². The van der Waals surface area contributed by atoms with Gasteiger partial charge in [0, 0.05) is 17.4 Å². The number of amides is 1. The molecule has 2 aromatic rings. The number of thiophene rings is 1. The molecule has 1 saturated carbocycles. The average molecular weight is 337 g/mol. The number of halogens is 2. The normalized spacial score (nSPS) is 21.0. The minimum absolute atomic E-state index is 0.0138. The smallest absolute Gasteiger partial charge is 0.224 e. The summed E-state index contributed by atoms with van der Waals surface area (Å²) in [6, 6.07) is 7.40. The molecule has 3 rings (SSSR count). The third-order valence-corrected chi connectivity index (χ3v) is 5.11. The maximum Gasteiger partial charge on any atom is 0.224 e. The van der Waals surface area contributed by atoms with Gasteiger partial charge in [0.15, 0.2) is 11.6 Å². The monoisotopic (exact) mass is 337 g/mol. The van der Waals surface area contributed by atoms with E-state index in [4.69, 9.17) is 5.11 Å². The molecule has 3 atom stereocenters. The average Bonchev–Trinajstić information content (AvgIpc) is 3.15. The SMILES string of the molecule is O=C(NC(CCO)c1cccs1)C1CC1c1ccc(F)c(F)c1. The Labute approximate surface area is 137 Å². The Hall–Kier alpha value is -1.79. The summed E-state index contributed by atoms with van der Waals surface area (Å²) in [6.07, 6.45) is 1.09. The number of benzene rings is 1. The number of aliphatic hydroxyl groups is 1. The summed E-state index contributed by atoms with van der Waals surface area (Å²) in [4.78, 5) is 13.4. The Morgan fingerprint density at radius 1 is 1.35 bits per heavy atom. The topological polar surface area (TPSA) is 49.3 Å². The van der Waals surface area contributed by atoms with Gasteiger partial charge >= 0.3 is 0 Å². The fourth-order valence-corrected chi connectivity index (χ4v) is 3.59. The lowest BCUT2D eigenvalue weighted by Gasteiger charge is -2.16. The molecule has 1 heterocycles. The van der Waals surface area contributed by atoms with Gasteiger partial charge in [-0.2, -0.15) is 0 Å². The van der Waals surface area contributed by atoms with Gasteiger partial charge in [-0.15, -0.1) is 11.3 Å². The molecule has 2 N–H and O–H groups in total. The zero-order valence-corrected chi connectivity index (χ0v) is 13.2. The molecule has 0 saturated heterocycles. The van der Waals surface area contributed by atoms with E-state index in [1.165, 1.54) is 17.4 Å². The van der Waals surface area contributed by atoms with Crippen LogP contribution >= 0.6 is 11.3 Å². The first-order valence-corrected chi connectivity index (χ1v) is 8.37. The first-order valence-electron chi connectivity index (χ1n) is 7.49. The summed E-state index contributed by atoms with van der Waals surface area (Å²) < 4.78 is 26.3. The molecule has 23 heavy (non-hydrogen) atoms. The lowest BCUT2D eigenvalue weighted by molar-refractivity contribution is -0.123. The second-order valence-corrected chi connectivity index (χ2v) is 6.69. The Balaban J connectivity index is 1.64. The fourth-order valence-electron chi connectivity index (χ4n) is 2.78. The van der Waals surface area contributed by atoms with Crippen molar-refractivity contribution in [2.24, 2.45) is 5.92 Å². The highest BCUT2D eigenvalue weighted by Gasteiger charge is 2.44. The van der Waals surface area contributed by atoms with Gasteiger partial charge in [0.05, 0.1) is 6.04 Å². The first kappa shape index (κ1) is 16.1. The second kappa shape index (κ2) is 6.76. The summed E-state index contributed by atoms with van der Waals surface area (Å²) in [6.45, 7) is -0.0138. The van der Waals surface area contributed by atoms with Crippen molar-refractivity contribution in [2.75, 3.05) is 6.61 Å². The minimum atomic E-state index is -0.884. The van der Waals surface area contributed by atoms with E-state index in [9.17, 15) is 13.6 Å². The molecule has 1 aliphatic carbocycles. The van der Waals surface area contributed by atoms with Crippen molar-refractivity contribution in [3.63, 3.8) is 0 Å². The van der Waals surface area contributed by atoms with Gasteiger partial charge in [-0.3, -0.25) is 4.79 Å². The molecule has 1 aromatic heterocycles. The minimum Gasteiger partial charge on any atom is -0.396 e. The van der Waals surface area contributed by atoms with Crippen molar-refractivity contribution in [3.05, 3.63) is 57.8 Å². The standard InChI is InChI=1S/C17H17F2NO2S/c18-13-4-3-10(8-14(13)19)11-9-12(11)17(22)20-15(5-6-21)16-2-1-7-23-16/h1-4,7-8,11-12,15,21H,5-6,9H2,(H,20,22). The quantitative estimate of drug-likeness (QED) is 0.849. The van der Waals surface area contributed by atoms with E-state index in [1.807, 2.05) is 17.5 Å². The van der Waals surface area contributed by atoms with Crippen LogP contribution < -0.4 is 5.32 Å². The Morgan fingerprint density at radius 2 is 2.17 bits per heavy atom. The second-order valence-electron chi connectivity index (χ2n) is 5.71. The van der Waals surface area contributed by atoms with Crippen LogP contribution in [0.5, 0.6) is 0 Å². The van der Waals surface area contributed by atoms with Crippen molar-refractivity contribution in [1.29, 1.82) is 0 Å². The van der Waals surface area contributed by atoms with Crippen LogP contribution in [0.4, 0.5) is 8.78 Å². The molecule has 3 unspecified atom stereocenters. The van der Waals surface area contributed by atoms with Crippen molar-refractivity contribution in [3.8, 4) is 0 Å². The summed E-state index contributed by atoms with van der Waals surface area (Å²) in [5.74, 6) is -2.16. The summed E-state index contributed by atoms with van der Waals surface area (Å²) in [5.41, 5.74) is 0.652. The first-order chi connectivity index (χ1) is 11.1. The number of carbonyl (C=O) groups is 1. The largest absolute Gasteiger partial charge is 0.396 e. The van der Waals surface area contributed by atoms with Gasteiger partial charge < -0.3 is 10.4 Å². The van der Waals surface area contributed by atoms with Crippen LogP contribution in [-0.4, -0.2) is 17.6 Å². The van der Waals surface area contributed by atoms with Crippen LogP contribution in [0, 0.1) is 17.6 Å². The van der Waals surface area contributed by atoms with Gasteiger partial charge in [-0.25, -0.2) is 8.78 Å². The number of rotatable bonds is 6. The lowest BCUT2D eigenvalue weighted by Crippen LogP contribution is -2.30. The molecule has 1 aromatic carbocycles. The number of hydrogen-bond donors (Lipinski definition) is 2. The molecule has 122 valence electrons. The van der Waals surface area contributed by atoms with E-state index in [-0.39, 0.29) is 30.4 Å². The molecule has 1 amide bonds. The van der Waals surface area contributed by atoms with Crippen LogP contribution in [0.2, 0.25) is 0 Å². The third kappa shape index (κ3) is 3.59. The molecule has 0 bridgehead atoms. The summed E-state index contributed by atoms with van der Waals surface area (Å²) in [5, 5.41) is 14.0. The summed E-state index contributed by atoms with van der Waals surface area (Å²) >= 11 is 1.53.